The number of rotatable bonds is 7. The third kappa shape index (κ3) is 5.60. The summed E-state index contributed by atoms with van der Waals surface area (Å²) in [5.74, 6) is 1.11. The molecule has 3 rings (SSSR count). The molecule has 3 fully saturated rings. The van der Waals surface area contributed by atoms with E-state index in [-0.39, 0.29) is 5.54 Å². The lowest BCUT2D eigenvalue weighted by atomic mass is 9.79. The number of hydrogen-bond acceptors (Lipinski definition) is 4. The van der Waals surface area contributed by atoms with Gasteiger partial charge in [0.05, 0.1) is 12.3 Å². The highest BCUT2D eigenvalue weighted by atomic mass is 32.2. The summed E-state index contributed by atoms with van der Waals surface area (Å²) in [5.41, 5.74) is 0.222. The van der Waals surface area contributed by atoms with E-state index in [1.807, 2.05) is 0 Å². The standard InChI is InChI=1S/C20H39N5O2S/c1-2-21-19(22-12-16-25-15-9-17-28(25,26)27)23-18-20(10-5-3-6-11-20)24-13-7-4-8-14-24/h2-18H2,1H3,(H2,21,22,23). The summed E-state index contributed by atoms with van der Waals surface area (Å²) in [6.45, 7) is 7.91. The average Bonchev–Trinajstić information content (AvgIpc) is 3.05. The smallest absolute Gasteiger partial charge is 0.214 e. The van der Waals surface area contributed by atoms with Gasteiger partial charge in [0.2, 0.25) is 10.0 Å². The molecule has 28 heavy (non-hydrogen) atoms. The second-order valence-corrected chi connectivity index (χ2v) is 10.6. The monoisotopic (exact) mass is 413 g/mol. The highest BCUT2D eigenvalue weighted by Gasteiger charge is 2.38. The molecule has 0 bridgehead atoms. The zero-order chi connectivity index (χ0) is 19.9. The van der Waals surface area contributed by atoms with E-state index < -0.39 is 10.0 Å². The van der Waals surface area contributed by atoms with Crippen molar-refractivity contribution >= 4 is 16.0 Å². The van der Waals surface area contributed by atoms with E-state index in [1.54, 1.807) is 4.31 Å². The van der Waals surface area contributed by atoms with Crippen LogP contribution >= 0.6 is 0 Å². The number of nitrogens with one attached hydrogen (secondary N) is 2. The van der Waals surface area contributed by atoms with Gasteiger partial charge in [-0.3, -0.25) is 9.89 Å². The lowest BCUT2D eigenvalue weighted by Crippen LogP contribution is -2.54. The van der Waals surface area contributed by atoms with Gasteiger partial charge in [-0.2, -0.15) is 0 Å². The van der Waals surface area contributed by atoms with Gasteiger partial charge in [0.25, 0.3) is 0 Å². The van der Waals surface area contributed by atoms with Gasteiger partial charge >= 0.3 is 0 Å². The number of guanidine groups is 1. The molecule has 0 atom stereocenters. The number of hydrogen-bond donors (Lipinski definition) is 2. The van der Waals surface area contributed by atoms with Crippen LogP contribution in [-0.4, -0.2) is 80.7 Å². The van der Waals surface area contributed by atoms with Gasteiger partial charge in [-0.05, 0) is 52.1 Å². The molecule has 7 nitrogen and oxygen atoms in total. The van der Waals surface area contributed by atoms with Crippen molar-refractivity contribution < 1.29 is 8.42 Å². The molecule has 2 saturated heterocycles. The van der Waals surface area contributed by atoms with Gasteiger partial charge in [0.1, 0.15) is 0 Å². The predicted molar refractivity (Wildman–Crippen MR) is 115 cm³/mol. The van der Waals surface area contributed by atoms with Crippen molar-refractivity contribution in [3.63, 3.8) is 0 Å². The number of sulfonamides is 1. The Hall–Kier alpha value is -0.860. The molecule has 0 amide bonds. The van der Waals surface area contributed by atoms with Crippen LogP contribution in [0.15, 0.2) is 4.99 Å². The lowest BCUT2D eigenvalue weighted by molar-refractivity contribution is 0.0407. The van der Waals surface area contributed by atoms with Gasteiger partial charge in [-0.1, -0.05) is 25.7 Å². The molecule has 0 radical (unpaired) electrons. The third-order valence-corrected chi connectivity index (χ3v) is 8.50. The second kappa shape index (κ2) is 10.3. The first kappa shape index (κ1) is 21.8. The summed E-state index contributed by atoms with van der Waals surface area (Å²) < 4.78 is 25.5. The van der Waals surface area contributed by atoms with Gasteiger partial charge in [-0.25, -0.2) is 12.7 Å². The third-order valence-electron chi connectivity index (χ3n) is 6.54. The maximum Gasteiger partial charge on any atom is 0.214 e. The van der Waals surface area contributed by atoms with Crippen LogP contribution in [0.4, 0.5) is 0 Å². The molecular formula is C20H39N5O2S. The summed E-state index contributed by atoms with van der Waals surface area (Å²) >= 11 is 0. The van der Waals surface area contributed by atoms with E-state index in [0.29, 0.717) is 25.4 Å². The Labute approximate surface area is 171 Å². The van der Waals surface area contributed by atoms with E-state index >= 15 is 0 Å². The van der Waals surface area contributed by atoms with Crippen molar-refractivity contribution in [2.75, 3.05) is 51.6 Å². The number of nitrogens with zero attached hydrogens (tertiary/aromatic N) is 3. The number of aliphatic imine (C=N–C) groups is 1. The minimum atomic E-state index is -3.02. The van der Waals surface area contributed by atoms with E-state index in [0.717, 1.165) is 25.5 Å². The van der Waals surface area contributed by atoms with Crippen LogP contribution in [0.2, 0.25) is 0 Å². The van der Waals surface area contributed by atoms with Gasteiger partial charge < -0.3 is 10.6 Å². The maximum absolute atomic E-state index is 12.0. The van der Waals surface area contributed by atoms with Gasteiger partial charge in [0, 0.05) is 31.7 Å². The number of likely N-dealkylation sites (tertiary alicyclic amines) is 1. The first-order valence-corrected chi connectivity index (χ1v) is 12.9. The molecule has 2 aliphatic heterocycles. The van der Waals surface area contributed by atoms with Crippen molar-refractivity contribution in [3.05, 3.63) is 0 Å². The predicted octanol–water partition coefficient (Wildman–Crippen LogP) is 1.77. The van der Waals surface area contributed by atoms with Crippen LogP contribution in [0.25, 0.3) is 0 Å². The normalized spacial score (nSPS) is 26.2. The quantitative estimate of drug-likeness (QED) is 0.491. The maximum atomic E-state index is 12.0. The topological polar surface area (TPSA) is 77.0 Å². The molecule has 0 aromatic heterocycles. The van der Waals surface area contributed by atoms with Crippen LogP contribution in [0.5, 0.6) is 0 Å². The molecule has 1 saturated carbocycles. The van der Waals surface area contributed by atoms with Crippen LogP contribution in [0.1, 0.15) is 64.7 Å². The Balaban J connectivity index is 1.59. The van der Waals surface area contributed by atoms with Crippen LogP contribution < -0.4 is 10.6 Å². The zero-order valence-electron chi connectivity index (χ0n) is 17.6. The van der Waals surface area contributed by atoms with Crippen molar-refractivity contribution in [2.45, 2.75) is 70.3 Å². The first-order chi connectivity index (χ1) is 13.6. The molecule has 0 aromatic rings. The second-order valence-electron chi connectivity index (χ2n) is 8.52. The molecule has 2 heterocycles. The van der Waals surface area contributed by atoms with Crippen LogP contribution in [0.3, 0.4) is 0 Å². The number of piperidine rings is 1. The fourth-order valence-electron chi connectivity index (χ4n) is 4.96. The summed E-state index contributed by atoms with van der Waals surface area (Å²) in [4.78, 5) is 7.69. The highest BCUT2D eigenvalue weighted by molar-refractivity contribution is 7.89. The Morgan fingerprint density at radius 3 is 2.32 bits per heavy atom. The Morgan fingerprint density at radius 1 is 0.964 bits per heavy atom. The Kier molecular flexibility index (Phi) is 8.00. The SMILES string of the molecule is CCNC(=NCC1(N2CCCCC2)CCCCC1)NCCN1CCCS1(=O)=O. The molecule has 2 N–H and O–H groups in total. The van der Waals surface area contributed by atoms with Crippen molar-refractivity contribution in [1.29, 1.82) is 0 Å². The Bertz CT molecular complexity index is 610. The molecule has 3 aliphatic rings. The van der Waals surface area contributed by atoms with Crippen LogP contribution in [-0.2, 0) is 10.0 Å². The highest BCUT2D eigenvalue weighted by Crippen LogP contribution is 2.35. The average molecular weight is 414 g/mol. The fraction of sp³-hybridized carbons (Fsp3) is 0.950. The summed E-state index contributed by atoms with van der Waals surface area (Å²) in [5, 5.41) is 6.70. The van der Waals surface area contributed by atoms with E-state index in [4.69, 9.17) is 4.99 Å². The fourth-order valence-corrected chi connectivity index (χ4v) is 6.49. The van der Waals surface area contributed by atoms with Gasteiger partial charge in [0.15, 0.2) is 5.96 Å². The summed E-state index contributed by atoms with van der Waals surface area (Å²) in [6.07, 6.45) is 11.2. The molecule has 8 heteroatoms. The van der Waals surface area contributed by atoms with Crippen molar-refractivity contribution in [1.82, 2.24) is 19.8 Å². The minimum Gasteiger partial charge on any atom is -0.357 e. The molecule has 162 valence electrons. The lowest BCUT2D eigenvalue weighted by Gasteiger charge is -2.47. The molecular weight excluding hydrogens is 374 g/mol. The van der Waals surface area contributed by atoms with Crippen molar-refractivity contribution in [2.24, 2.45) is 4.99 Å². The molecule has 0 spiro atoms. The van der Waals surface area contributed by atoms with Gasteiger partial charge in [-0.15, -0.1) is 0 Å². The molecule has 1 aliphatic carbocycles. The largest absolute Gasteiger partial charge is 0.357 e. The Morgan fingerprint density at radius 2 is 1.68 bits per heavy atom. The summed E-state index contributed by atoms with van der Waals surface area (Å²) in [7, 11) is -3.02. The zero-order valence-corrected chi connectivity index (χ0v) is 18.4. The van der Waals surface area contributed by atoms with E-state index in [1.165, 1.54) is 64.5 Å². The van der Waals surface area contributed by atoms with Crippen LogP contribution in [0, 0.1) is 0 Å². The molecule has 0 unspecified atom stereocenters. The first-order valence-electron chi connectivity index (χ1n) is 11.3. The van der Waals surface area contributed by atoms with E-state index in [9.17, 15) is 8.42 Å². The van der Waals surface area contributed by atoms with Crippen molar-refractivity contribution in [3.8, 4) is 0 Å². The minimum absolute atomic E-state index is 0.222. The molecule has 0 aromatic carbocycles. The summed E-state index contributed by atoms with van der Waals surface area (Å²) in [6, 6.07) is 0. The van der Waals surface area contributed by atoms with E-state index in [2.05, 4.69) is 22.5 Å².